The number of carbonyl (C=O) groups excluding carboxylic acids is 5. The summed E-state index contributed by atoms with van der Waals surface area (Å²) in [7, 11) is 0. The third kappa shape index (κ3) is 5.36. The van der Waals surface area contributed by atoms with E-state index in [9.17, 15) is 24.0 Å². The molecule has 7 rings (SSSR count). The molecule has 3 saturated heterocycles. The van der Waals surface area contributed by atoms with Gasteiger partial charge in [0.05, 0.1) is 16.7 Å². The first-order valence-electron chi connectivity index (χ1n) is 16.4. The van der Waals surface area contributed by atoms with Gasteiger partial charge in [0, 0.05) is 69.1 Å². The van der Waals surface area contributed by atoms with Crippen molar-refractivity contribution in [3.05, 3.63) is 58.9 Å². The van der Waals surface area contributed by atoms with Crippen molar-refractivity contribution in [1.82, 2.24) is 20.4 Å². The molecule has 4 fully saturated rings. The predicted octanol–water partition coefficient (Wildman–Crippen LogP) is 2.79. The molecule has 4 aliphatic heterocycles. The average molecular weight is 645 g/mol. The van der Waals surface area contributed by atoms with Gasteiger partial charge in [-0.05, 0) is 60.1 Å². The van der Waals surface area contributed by atoms with Gasteiger partial charge in [0.1, 0.15) is 11.9 Å². The van der Waals surface area contributed by atoms with E-state index in [1.165, 1.54) is 6.07 Å². The van der Waals surface area contributed by atoms with E-state index in [4.69, 9.17) is 0 Å². The molecule has 0 bridgehead atoms. The fraction of sp³-hybridized carbons (Fsp3) is 0.514. The Bertz CT molecular complexity index is 1680. The third-order valence-electron chi connectivity index (χ3n) is 10.8. The van der Waals surface area contributed by atoms with Crippen molar-refractivity contribution >= 4 is 40.9 Å². The number of carbonyl (C=O) groups is 5. The first-order valence-corrected chi connectivity index (χ1v) is 16.4. The topological polar surface area (TPSA) is 122 Å². The quantitative estimate of drug-likeness (QED) is 0.461. The van der Waals surface area contributed by atoms with Crippen LogP contribution in [0.4, 0.5) is 15.8 Å². The van der Waals surface area contributed by atoms with Gasteiger partial charge in [-0.2, -0.15) is 0 Å². The van der Waals surface area contributed by atoms with Crippen molar-refractivity contribution in [2.24, 2.45) is 10.8 Å². The summed E-state index contributed by atoms with van der Waals surface area (Å²) in [6, 6.07) is 9.42. The Morgan fingerprint density at radius 2 is 1.49 bits per heavy atom. The summed E-state index contributed by atoms with van der Waals surface area (Å²) in [5.74, 6) is -2.92. The molecule has 2 aromatic carbocycles. The van der Waals surface area contributed by atoms with Gasteiger partial charge in [-0.15, -0.1) is 0 Å². The van der Waals surface area contributed by atoms with Crippen LogP contribution >= 0.6 is 0 Å². The summed E-state index contributed by atoms with van der Waals surface area (Å²) in [5, 5.41) is 5.29. The largest absolute Gasteiger partial charge is 0.369 e. The molecule has 0 spiro atoms. The van der Waals surface area contributed by atoms with Gasteiger partial charge < -0.3 is 15.1 Å². The number of imide groups is 2. The van der Waals surface area contributed by atoms with Gasteiger partial charge in [-0.3, -0.25) is 39.1 Å². The van der Waals surface area contributed by atoms with Crippen LogP contribution in [-0.4, -0.2) is 96.7 Å². The minimum absolute atomic E-state index is 0.0122. The summed E-state index contributed by atoms with van der Waals surface area (Å²) in [6.45, 7) is 13.1. The lowest BCUT2D eigenvalue weighted by Gasteiger charge is -2.57. The summed E-state index contributed by atoms with van der Waals surface area (Å²) in [4.78, 5) is 70.8. The van der Waals surface area contributed by atoms with Gasteiger partial charge >= 0.3 is 0 Å². The van der Waals surface area contributed by atoms with Crippen molar-refractivity contribution in [2.75, 3.05) is 49.1 Å². The second kappa shape index (κ2) is 11.1. The number of nitrogens with one attached hydrogen (secondary N) is 2. The Morgan fingerprint density at radius 1 is 0.851 bits per heavy atom. The zero-order chi connectivity index (χ0) is 33.4. The molecule has 47 heavy (non-hydrogen) atoms. The van der Waals surface area contributed by atoms with Crippen LogP contribution in [0.3, 0.4) is 0 Å². The highest BCUT2D eigenvalue weighted by Crippen LogP contribution is 2.53. The number of anilines is 2. The maximum atomic E-state index is 15.2. The molecule has 5 amide bonds. The highest BCUT2D eigenvalue weighted by Gasteiger charge is 2.53. The molecular formula is C35H41FN6O5. The zero-order valence-corrected chi connectivity index (χ0v) is 27.3. The normalized spacial score (nSPS) is 24.5. The second-order valence-electron chi connectivity index (χ2n) is 15.0. The molecule has 0 aromatic heterocycles. The van der Waals surface area contributed by atoms with E-state index in [1.807, 2.05) is 12.1 Å². The molecular weight excluding hydrogens is 603 g/mol. The van der Waals surface area contributed by atoms with E-state index in [0.29, 0.717) is 6.04 Å². The fourth-order valence-corrected chi connectivity index (χ4v) is 8.69. The second-order valence-corrected chi connectivity index (χ2v) is 15.0. The van der Waals surface area contributed by atoms with Crippen molar-refractivity contribution in [1.29, 1.82) is 0 Å². The number of rotatable bonds is 6. The molecule has 12 heteroatoms. The van der Waals surface area contributed by atoms with Crippen molar-refractivity contribution in [3.8, 4) is 0 Å². The Labute approximate surface area is 273 Å². The maximum absolute atomic E-state index is 15.2. The highest BCUT2D eigenvalue weighted by molar-refractivity contribution is 6.23. The third-order valence-corrected chi connectivity index (χ3v) is 10.8. The fourth-order valence-electron chi connectivity index (χ4n) is 8.69. The lowest BCUT2D eigenvalue weighted by molar-refractivity contribution is -0.136. The van der Waals surface area contributed by atoms with Crippen LogP contribution in [-0.2, 0) is 9.59 Å². The van der Waals surface area contributed by atoms with Crippen LogP contribution in [0.2, 0.25) is 0 Å². The lowest BCUT2D eigenvalue weighted by atomic mass is 9.52. The van der Waals surface area contributed by atoms with Crippen LogP contribution in [0.1, 0.15) is 78.0 Å². The van der Waals surface area contributed by atoms with E-state index in [2.05, 4.69) is 53.0 Å². The Hall–Kier alpha value is -4.32. The molecule has 1 atom stereocenters. The van der Waals surface area contributed by atoms with Crippen LogP contribution in [0.15, 0.2) is 36.4 Å². The molecule has 2 N–H and O–H groups in total. The SMILES string of the molecule is CC1(C)CC(C)(C)C1NC(=O)c1ccc(N2CCN(C3CN(c4ccc5c(c4)C(=O)N(C4CCC(=O)NC4=O)C5=O)C3)CC2)cc1F. The molecule has 248 valence electrons. The Morgan fingerprint density at radius 3 is 2.13 bits per heavy atom. The van der Waals surface area contributed by atoms with E-state index < -0.39 is 35.5 Å². The van der Waals surface area contributed by atoms with Crippen LogP contribution < -0.4 is 20.4 Å². The molecule has 2 aromatic rings. The summed E-state index contributed by atoms with van der Waals surface area (Å²) in [5.41, 5.74) is 2.19. The number of fused-ring (bicyclic) bond motifs is 1. The number of piperazine rings is 1. The number of benzene rings is 2. The summed E-state index contributed by atoms with van der Waals surface area (Å²) < 4.78 is 15.2. The number of amides is 5. The van der Waals surface area contributed by atoms with Gasteiger partial charge in [0.15, 0.2) is 0 Å². The zero-order valence-electron chi connectivity index (χ0n) is 27.3. The summed E-state index contributed by atoms with van der Waals surface area (Å²) >= 11 is 0. The molecule has 1 saturated carbocycles. The van der Waals surface area contributed by atoms with Crippen molar-refractivity contribution in [3.63, 3.8) is 0 Å². The highest BCUT2D eigenvalue weighted by atomic mass is 19.1. The van der Waals surface area contributed by atoms with E-state index in [1.54, 1.807) is 18.2 Å². The van der Waals surface area contributed by atoms with Crippen LogP contribution in [0.25, 0.3) is 0 Å². The monoisotopic (exact) mass is 644 g/mol. The number of hydrogen-bond donors (Lipinski definition) is 2. The lowest BCUT2D eigenvalue weighted by Crippen LogP contribution is -2.63. The first-order chi connectivity index (χ1) is 22.2. The van der Waals surface area contributed by atoms with E-state index in [-0.39, 0.29) is 52.3 Å². The maximum Gasteiger partial charge on any atom is 0.262 e. The smallest absolute Gasteiger partial charge is 0.262 e. The molecule has 11 nitrogen and oxygen atoms in total. The van der Waals surface area contributed by atoms with Gasteiger partial charge in [0.2, 0.25) is 11.8 Å². The molecule has 4 heterocycles. The average Bonchev–Trinajstić information content (AvgIpc) is 3.23. The number of piperidine rings is 1. The first kappa shape index (κ1) is 31.3. The van der Waals surface area contributed by atoms with Gasteiger partial charge in [0.25, 0.3) is 17.7 Å². The van der Waals surface area contributed by atoms with Crippen LogP contribution in [0.5, 0.6) is 0 Å². The van der Waals surface area contributed by atoms with Crippen LogP contribution in [0, 0.1) is 16.6 Å². The standard InChI is InChI=1S/C35H41FN6O5/c1-34(2)19-35(3,4)33(34)38-29(44)24-8-6-21(16-26(24)36)39-11-13-40(14-12-39)22-17-41(18-22)20-5-7-23-25(15-20)32(47)42(31(23)46)27-9-10-28(43)37-30(27)45/h5-8,15-16,22,27,33H,9-14,17-19H2,1-4H3,(H,38,44)(H,37,43,45). The minimum Gasteiger partial charge on any atom is -0.369 e. The number of hydrogen-bond acceptors (Lipinski definition) is 8. The van der Waals surface area contributed by atoms with Crippen molar-refractivity contribution in [2.45, 2.75) is 65.1 Å². The number of nitrogens with zero attached hydrogens (tertiary/aromatic N) is 4. The predicted molar refractivity (Wildman–Crippen MR) is 173 cm³/mol. The Kier molecular flexibility index (Phi) is 7.42. The number of halogens is 1. The Balaban J connectivity index is 0.923. The van der Waals surface area contributed by atoms with Gasteiger partial charge in [-0.25, -0.2) is 4.39 Å². The molecule has 5 aliphatic rings. The van der Waals surface area contributed by atoms with E-state index in [0.717, 1.165) is 62.0 Å². The van der Waals surface area contributed by atoms with E-state index >= 15 is 4.39 Å². The molecule has 1 aliphatic carbocycles. The summed E-state index contributed by atoms with van der Waals surface area (Å²) in [6.07, 6.45) is 1.21. The minimum atomic E-state index is -0.984. The molecule has 1 unspecified atom stereocenters. The van der Waals surface area contributed by atoms with Gasteiger partial charge in [-0.1, -0.05) is 27.7 Å². The molecule has 0 radical (unpaired) electrons. The van der Waals surface area contributed by atoms with Crippen molar-refractivity contribution < 1.29 is 28.4 Å².